The number of pyridine rings is 1. The van der Waals surface area contributed by atoms with E-state index in [-0.39, 0.29) is 12.4 Å². The normalized spacial score (nSPS) is 10.8. The highest BCUT2D eigenvalue weighted by molar-refractivity contribution is 6.07. The van der Waals surface area contributed by atoms with Crippen molar-refractivity contribution in [3.8, 4) is 5.75 Å². The number of ether oxygens (including phenoxy) is 1. The van der Waals surface area contributed by atoms with E-state index in [1.165, 1.54) is 0 Å². The molecule has 0 aliphatic rings. The molecule has 4 nitrogen and oxygen atoms in total. The van der Waals surface area contributed by atoms with Crippen molar-refractivity contribution in [2.24, 2.45) is 0 Å². The summed E-state index contributed by atoms with van der Waals surface area (Å²) in [5, 5.41) is 5.87. The Morgan fingerprint density at radius 2 is 1.79 bits per heavy atom. The second kappa shape index (κ2) is 8.18. The molecule has 0 fully saturated rings. The van der Waals surface area contributed by atoms with E-state index in [2.05, 4.69) is 48.6 Å². The van der Waals surface area contributed by atoms with Crippen LogP contribution in [0, 0.1) is 0 Å². The quantitative estimate of drug-likeness (QED) is 0.537. The number of fused-ring (bicyclic) bond motifs is 2. The van der Waals surface area contributed by atoms with Crippen LogP contribution in [0.1, 0.15) is 6.42 Å². The van der Waals surface area contributed by atoms with Gasteiger partial charge in [0.05, 0.1) is 23.8 Å². The fourth-order valence-corrected chi connectivity index (χ4v) is 2.80. The molecule has 1 N–H and O–H groups in total. The average Bonchev–Trinajstić information content (AvgIpc) is 2.57. The van der Waals surface area contributed by atoms with Gasteiger partial charge >= 0.3 is 0 Å². The lowest BCUT2D eigenvalue weighted by Gasteiger charge is -2.15. The summed E-state index contributed by atoms with van der Waals surface area (Å²) in [6, 6.07) is 14.3. The zero-order valence-corrected chi connectivity index (χ0v) is 15.2. The lowest BCUT2D eigenvalue weighted by molar-refractivity contribution is 0.405. The summed E-state index contributed by atoms with van der Waals surface area (Å²) in [7, 11) is 5.89. The standard InChI is InChI=1S/C19H23N3O.ClH/c1-22(2)12-6-11-20-19-15-7-4-5-8-17(15)21-18-10-9-14(23-3)13-16(18)19;/h4-5,7-10,13H,6,11-12H2,1-3H3,(H,20,21);1H. The van der Waals surface area contributed by atoms with E-state index >= 15 is 0 Å². The number of hydrogen-bond acceptors (Lipinski definition) is 4. The molecule has 24 heavy (non-hydrogen) atoms. The first-order valence-corrected chi connectivity index (χ1v) is 7.94. The van der Waals surface area contributed by atoms with Crippen molar-refractivity contribution in [3.05, 3.63) is 42.5 Å². The summed E-state index contributed by atoms with van der Waals surface area (Å²) >= 11 is 0. The molecule has 128 valence electrons. The van der Waals surface area contributed by atoms with E-state index < -0.39 is 0 Å². The van der Waals surface area contributed by atoms with Crippen LogP contribution >= 0.6 is 12.4 Å². The zero-order chi connectivity index (χ0) is 16.2. The van der Waals surface area contributed by atoms with Crippen LogP contribution in [0.3, 0.4) is 0 Å². The molecule has 0 radical (unpaired) electrons. The van der Waals surface area contributed by atoms with Gasteiger partial charge in [-0.1, -0.05) is 18.2 Å². The summed E-state index contributed by atoms with van der Waals surface area (Å²) < 4.78 is 5.38. The molecule has 0 spiro atoms. The van der Waals surface area contributed by atoms with E-state index in [1.807, 2.05) is 18.2 Å². The molecule has 3 aromatic rings. The van der Waals surface area contributed by atoms with Crippen LogP contribution in [0.5, 0.6) is 5.75 Å². The molecule has 0 bridgehead atoms. The number of methoxy groups -OCH3 is 1. The third-order valence-electron chi connectivity index (χ3n) is 3.97. The minimum absolute atomic E-state index is 0. The fourth-order valence-electron chi connectivity index (χ4n) is 2.80. The summed E-state index contributed by atoms with van der Waals surface area (Å²) in [4.78, 5) is 6.97. The Morgan fingerprint density at radius 1 is 1.04 bits per heavy atom. The highest BCUT2D eigenvalue weighted by atomic mass is 35.5. The van der Waals surface area contributed by atoms with Gasteiger partial charge in [0.25, 0.3) is 0 Å². The predicted octanol–water partition coefficient (Wildman–Crippen LogP) is 4.18. The van der Waals surface area contributed by atoms with Crippen molar-refractivity contribution in [1.29, 1.82) is 0 Å². The van der Waals surface area contributed by atoms with E-state index in [1.54, 1.807) is 7.11 Å². The van der Waals surface area contributed by atoms with Crippen molar-refractivity contribution in [2.45, 2.75) is 6.42 Å². The highest BCUT2D eigenvalue weighted by Gasteiger charge is 2.09. The molecule has 0 atom stereocenters. The number of halogens is 1. The van der Waals surface area contributed by atoms with Crippen molar-refractivity contribution < 1.29 is 4.74 Å². The Labute approximate surface area is 149 Å². The van der Waals surface area contributed by atoms with Crippen molar-refractivity contribution in [3.63, 3.8) is 0 Å². The monoisotopic (exact) mass is 345 g/mol. The Morgan fingerprint density at radius 3 is 2.54 bits per heavy atom. The second-order valence-electron chi connectivity index (χ2n) is 5.97. The van der Waals surface area contributed by atoms with Gasteiger partial charge < -0.3 is 15.0 Å². The van der Waals surface area contributed by atoms with Gasteiger partial charge in [-0.3, -0.25) is 0 Å². The number of para-hydroxylation sites is 1. The van der Waals surface area contributed by atoms with Gasteiger partial charge in [-0.25, -0.2) is 4.98 Å². The molecule has 0 aliphatic carbocycles. The number of hydrogen-bond donors (Lipinski definition) is 1. The fraction of sp³-hybridized carbons (Fsp3) is 0.316. The van der Waals surface area contributed by atoms with E-state index in [9.17, 15) is 0 Å². The predicted molar refractivity (Wildman–Crippen MR) is 105 cm³/mol. The number of rotatable bonds is 6. The molecule has 1 aromatic heterocycles. The topological polar surface area (TPSA) is 37.4 Å². The summed E-state index contributed by atoms with van der Waals surface area (Å²) in [6.45, 7) is 2.00. The van der Waals surface area contributed by atoms with Crippen LogP contribution < -0.4 is 10.1 Å². The van der Waals surface area contributed by atoms with Gasteiger partial charge in [-0.15, -0.1) is 12.4 Å². The maximum atomic E-state index is 5.38. The molecule has 2 aromatic carbocycles. The lowest BCUT2D eigenvalue weighted by atomic mass is 10.1. The molecule has 0 amide bonds. The van der Waals surface area contributed by atoms with Gasteiger partial charge in [0.1, 0.15) is 5.75 Å². The Hall–Kier alpha value is -2.04. The number of anilines is 1. The first-order chi connectivity index (χ1) is 11.2. The van der Waals surface area contributed by atoms with Crippen LogP contribution in [0.4, 0.5) is 5.69 Å². The molecule has 0 saturated carbocycles. The molecule has 3 rings (SSSR count). The SMILES string of the molecule is COc1ccc2nc3ccccc3c(NCCCN(C)C)c2c1.Cl. The molecular weight excluding hydrogens is 322 g/mol. The van der Waals surface area contributed by atoms with Gasteiger partial charge in [0.2, 0.25) is 0 Å². The average molecular weight is 346 g/mol. The minimum Gasteiger partial charge on any atom is -0.497 e. The van der Waals surface area contributed by atoms with Gasteiger partial charge in [-0.2, -0.15) is 0 Å². The smallest absolute Gasteiger partial charge is 0.119 e. The highest BCUT2D eigenvalue weighted by Crippen LogP contribution is 2.32. The molecule has 5 heteroatoms. The molecule has 0 saturated heterocycles. The lowest BCUT2D eigenvalue weighted by Crippen LogP contribution is -2.16. The first kappa shape index (κ1) is 18.3. The van der Waals surface area contributed by atoms with Crippen molar-refractivity contribution in [1.82, 2.24) is 9.88 Å². The largest absolute Gasteiger partial charge is 0.497 e. The number of benzene rings is 2. The first-order valence-electron chi connectivity index (χ1n) is 7.94. The van der Waals surface area contributed by atoms with Crippen molar-refractivity contribution >= 4 is 39.9 Å². The van der Waals surface area contributed by atoms with Crippen LogP contribution in [0.25, 0.3) is 21.8 Å². The summed E-state index contributed by atoms with van der Waals surface area (Å²) in [5.74, 6) is 0.853. The molecular formula is C19H24ClN3O. The Kier molecular flexibility index (Phi) is 6.23. The van der Waals surface area contributed by atoms with E-state index in [0.29, 0.717) is 0 Å². The van der Waals surface area contributed by atoms with Crippen LogP contribution in [-0.2, 0) is 0 Å². The molecule has 0 unspecified atom stereocenters. The van der Waals surface area contributed by atoms with Crippen molar-refractivity contribution in [2.75, 3.05) is 39.6 Å². The van der Waals surface area contributed by atoms with Gasteiger partial charge in [-0.05, 0) is 51.3 Å². The molecule has 0 aliphatic heterocycles. The third kappa shape index (κ3) is 3.89. The van der Waals surface area contributed by atoms with Crippen LogP contribution in [-0.4, -0.2) is 44.2 Å². The minimum atomic E-state index is 0. The second-order valence-corrected chi connectivity index (χ2v) is 5.97. The maximum absolute atomic E-state index is 5.38. The number of nitrogens with one attached hydrogen (secondary N) is 1. The summed E-state index contributed by atoms with van der Waals surface area (Å²) in [6.07, 6.45) is 1.09. The van der Waals surface area contributed by atoms with Crippen LogP contribution in [0.15, 0.2) is 42.5 Å². The van der Waals surface area contributed by atoms with Gasteiger partial charge in [0.15, 0.2) is 0 Å². The molecule has 1 heterocycles. The van der Waals surface area contributed by atoms with E-state index in [0.717, 1.165) is 52.8 Å². The third-order valence-corrected chi connectivity index (χ3v) is 3.97. The zero-order valence-electron chi connectivity index (χ0n) is 14.4. The number of aromatic nitrogens is 1. The Balaban J connectivity index is 0.00000208. The maximum Gasteiger partial charge on any atom is 0.119 e. The van der Waals surface area contributed by atoms with Gasteiger partial charge in [0, 0.05) is 17.3 Å². The van der Waals surface area contributed by atoms with Crippen LogP contribution in [0.2, 0.25) is 0 Å². The number of nitrogens with zero attached hydrogens (tertiary/aromatic N) is 2. The van der Waals surface area contributed by atoms with E-state index in [4.69, 9.17) is 9.72 Å². The Bertz CT molecular complexity index is 820. The summed E-state index contributed by atoms with van der Waals surface area (Å²) in [5.41, 5.74) is 3.14.